The van der Waals surface area contributed by atoms with Gasteiger partial charge in [0, 0.05) is 0 Å². The number of carbonyl (C=O) groups excluding carboxylic acids is 1. The predicted octanol–water partition coefficient (Wildman–Crippen LogP) is 1.01. The molecule has 4 nitrogen and oxygen atoms in total. The number of rotatable bonds is 3. The molecule has 0 radical (unpaired) electrons. The van der Waals surface area contributed by atoms with Gasteiger partial charge in [-0.2, -0.15) is 0 Å². The normalized spacial score (nSPS) is 32.3. The summed E-state index contributed by atoms with van der Waals surface area (Å²) >= 11 is 1.63. The number of hydrogen-bond donors (Lipinski definition) is 2. The number of carbonyl (C=O) groups is 2. The van der Waals surface area contributed by atoms with Gasteiger partial charge in [-0.25, -0.2) is 4.79 Å². The molecule has 1 aliphatic heterocycles. The van der Waals surface area contributed by atoms with Gasteiger partial charge in [-0.3, -0.25) is 4.79 Å². The van der Waals surface area contributed by atoms with Crippen LogP contribution in [0.3, 0.4) is 0 Å². The van der Waals surface area contributed by atoms with Crippen LogP contribution in [0.5, 0.6) is 0 Å². The van der Waals surface area contributed by atoms with Crippen molar-refractivity contribution in [2.45, 2.75) is 42.9 Å². The van der Waals surface area contributed by atoms with Crippen LogP contribution in [0.25, 0.3) is 0 Å². The van der Waals surface area contributed by atoms with Crippen molar-refractivity contribution >= 4 is 23.6 Å². The fourth-order valence-electron chi connectivity index (χ4n) is 1.83. The van der Waals surface area contributed by atoms with Gasteiger partial charge in [0.1, 0.15) is 5.54 Å². The summed E-state index contributed by atoms with van der Waals surface area (Å²) in [5, 5.41) is 11.6. The first-order chi connectivity index (χ1) is 6.99. The Morgan fingerprint density at radius 2 is 2.00 bits per heavy atom. The lowest BCUT2D eigenvalue weighted by molar-refractivity contribution is -0.143. The van der Waals surface area contributed by atoms with Gasteiger partial charge in [0.2, 0.25) is 5.91 Å². The zero-order chi connectivity index (χ0) is 11.1. The Balaban J connectivity index is 2.01. The predicted molar refractivity (Wildman–Crippen MR) is 57.8 cm³/mol. The van der Waals surface area contributed by atoms with Crippen molar-refractivity contribution in [2.75, 3.05) is 5.75 Å². The second kappa shape index (κ2) is 3.40. The van der Waals surface area contributed by atoms with Gasteiger partial charge in [0.05, 0.1) is 4.75 Å². The quantitative estimate of drug-likeness (QED) is 0.758. The summed E-state index contributed by atoms with van der Waals surface area (Å²) in [6.07, 6.45) is 3.01. The van der Waals surface area contributed by atoms with Crippen molar-refractivity contribution < 1.29 is 14.7 Å². The Morgan fingerprint density at radius 3 is 2.40 bits per heavy atom. The highest BCUT2D eigenvalue weighted by Crippen LogP contribution is 2.41. The van der Waals surface area contributed by atoms with Crippen LogP contribution in [0.15, 0.2) is 0 Å². The molecule has 1 unspecified atom stereocenters. The van der Waals surface area contributed by atoms with Gasteiger partial charge in [-0.05, 0) is 38.4 Å². The summed E-state index contributed by atoms with van der Waals surface area (Å²) < 4.78 is -0.412. The minimum absolute atomic E-state index is 0.107. The van der Waals surface area contributed by atoms with Crippen LogP contribution in [0.2, 0.25) is 0 Å². The Bertz CT molecular complexity index is 306. The standard InChI is InChI=1S/C10H15NO3S/c1-9(3-2-6-15-9)7(12)11-10(4-5-10)8(13)14/h2-6H2,1H3,(H,11,12)(H,13,14). The molecule has 2 aliphatic rings. The average molecular weight is 229 g/mol. The van der Waals surface area contributed by atoms with Crippen molar-refractivity contribution in [3.05, 3.63) is 0 Å². The fraction of sp³-hybridized carbons (Fsp3) is 0.800. The maximum atomic E-state index is 11.9. The van der Waals surface area contributed by atoms with Crippen molar-refractivity contribution in [1.82, 2.24) is 5.32 Å². The first-order valence-electron chi connectivity index (χ1n) is 5.19. The molecule has 5 heteroatoms. The monoisotopic (exact) mass is 229 g/mol. The average Bonchev–Trinajstić information content (AvgIpc) is 2.82. The number of carboxylic acids is 1. The topological polar surface area (TPSA) is 66.4 Å². The van der Waals surface area contributed by atoms with Crippen molar-refractivity contribution in [2.24, 2.45) is 0 Å². The van der Waals surface area contributed by atoms with Crippen LogP contribution < -0.4 is 5.32 Å². The molecule has 0 aromatic heterocycles. The molecule has 84 valence electrons. The van der Waals surface area contributed by atoms with Gasteiger partial charge in [-0.15, -0.1) is 11.8 Å². The fourth-order valence-corrected chi connectivity index (χ4v) is 3.04. The lowest BCUT2D eigenvalue weighted by Gasteiger charge is -2.24. The Kier molecular flexibility index (Phi) is 2.45. The van der Waals surface area contributed by atoms with Gasteiger partial charge < -0.3 is 10.4 Å². The highest BCUT2D eigenvalue weighted by Gasteiger charge is 2.53. The third-order valence-corrected chi connectivity index (χ3v) is 4.73. The highest BCUT2D eigenvalue weighted by atomic mass is 32.2. The summed E-state index contributed by atoms with van der Waals surface area (Å²) in [5.41, 5.74) is -0.941. The van der Waals surface area contributed by atoms with Crippen LogP contribution in [-0.4, -0.2) is 33.0 Å². The number of nitrogens with one attached hydrogen (secondary N) is 1. The molecule has 1 aliphatic carbocycles. The van der Waals surface area contributed by atoms with E-state index in [0.29, 0.717) is 12.8 Å². The summed E-state index contributed by atoms with van der Waals surface area (Å²) in [4.78, 5) is 22.8. The lowest BCUT2D eigenvalue weighted by atomic mass is 10.0. The van der Waals surface area contributed by atoms with Gasteiger partial charge in [0.15, 0.2) is 0 Å². The van der Waals surface area contributed by atoms with E-state index in [2.05, 4.69) is 5.32 Å². The van der Waals surface area contributed by atoms with E-state index >= 15 is 0 Å². The van der Waals surface area contributed by atoms with E-state index in [0.717, 1.165) is 18.6 Å². The smallest absolute Gasteiger partial charge is 0.329 e. The molecule has 1 amide bonds. The molecule has 2 N–H and O–H groups in total. The molecule has 2 rings (SSSR count). The third-order valence-electron chi connectivity index (χ3n) is 3.21. The summed E-state index contributed by atoms with van der Waals surface area (Å²) in [7, 11) is 0. The second-order valence-corrected chi connectivity index (χ2v) is 6.12. The van der Waals surface area contributed by atoms with Crippen LogP contribution in [0, 0.1) is 0 Å². The van der Waals surface area contributed by atoms with E-state index in [-0.39, 0.29) is 5.91 Å². The zero-order valence-electron chi connectivity index (χ0n) is 8.71. The van der Waals surface area contributed by atoms with Crippen LogP contribution in [-0.2, 0) is 9.59 Å². The Hall–Kier alpha value is -0.710. The summed E-state index contributed by atoms with van der Waals surface area (Å²) in [6, 6.07) is 0. The maximum Gasteiger partial charge on any atom is 0.329 e. The van der Waals surface area contributed by atoms with Gasteiger partial charge in [0.25, 0.3) is 0 Å². The van der Waals surface area contributed by atoms with Crippen molar-refractivity contribution in [3.8, 4) is 0 Å². The molecular weight excluding hydrogens is 214 g/mol. The molecule has 15 heavy (non-hydrogen) atoms. The maximum absolute atomic E-state index is 11.9. The summed E-state index contributed by atoms with van der Waals surface area (Å²) in [5.74, 6) is -0.0170. The highest BCUT2D eigenvalue weighted by molar-refractivity contribution is 8.01. The van der Waals surface area contributed by atoms with E-state index in [4.69, 9.17) is 5.11 Å². The minimum atomic E-state index is -0.941. The molecule has 2 fully saturated rings. The van der Waals surface area contributed by atoms with Crippen molar-refractivity contribution in [3.63, 3.8) is 0 Å². The molecule has 1 saturated heterocycles. The van der Waals surface area contributed by atoms with Crippen LogP contribution >= 0.6 is 11.8 Å². The molecule has 1 heterocycles. The Morgan fingerprint density at radius 1 is 1.33 bits per heavy atom. The molecule has 0 aromatic rings. The molecular formula is C10H15NO3S. The van der Waals surface area contributed by atoms with Gasteiger partial charge in [-0.1, -0.05) is 0 Å². The van der Waals surface area contributed by atoms with E-state index in [9.17, 15) is 9.59 Å². The largest absolute Gasteiger partial charge is 0.480 e. The van der Waals surface area contributed by atoms with Crippen molar-refractivity contribution in [1.29, 1.82) is 0 Å². The first kappa shape index (κ1) is 10.8. The Labute approximate surface area is 92.8 Å². The minimum Gasteiger partial charge on any atom is -0.480 e. The molecule has 0 bridgehead atoms. The molecule has 1 saturated carbocycles. The number of amides is 1. The first-order valence-corrected chi connectivity index (χ1v) is 6.17. The second-order valence-electron chi connectivity index (χ2n) is 4.52. The molecule has 0 aromatic carbocycles. The van der Waals surface area contributed by atoms with E-state index in [1.165, 1.54) is 0 Å². The number of hydrogen-bond acceptors (Lipinski definition) is 3. The van der Waals surface area contributed by atoms with E-state index in [1.807, 2.05) is 6.92 Å². The SMILES string of the molecule is CC1(C(=O)NC2(C(=O)O)CC2)CCCS1. The van der Waals surface area contributed by atoms with Crippen LogP contribution in [0.4, 0.5) is 0 Å². The number of aliphatic carboxylic acids is 1. The van der Waals surface area contributed by atoms with E-state index in [1.54, 1.807) is 11.8 Å². The van der Waals surface area contributed by atoms with Crippen LogP contribution in [0.1, 0.15) is 32.6 Å². The summed E-state index contributed by atoms with van der Waals surface area (Å²) in [6.45, 7) is 1.90. The number of thioether (sulfide) groups is 1. The lowest BCUT2D eigenvalue weighted by Crippen LogP contribution is -2.50. The third kappa shape index (κ3) is 1.85. The molecule has 1 atom stereocenters. The van der Waals surface area contributed by atoms with E-state index < -0.39 is 16.3 Å². The number of carboxylic acid groups (broad SMARTS) is 1. The molecule has 0 spiro atoms. The van der Waals surface area contributed by atoms with Gasteiger partial charge >= 0.3 is 5.97 Å². The zero-order valence-corrected chi connectivity index (χ0v) is 9.52.